The van der Waals surface area contributed by atoms with Crippen molar-refractivity contribution in [3.8, 4) is 0 Å². The minimum Gasteiger partial charge on any atom is -0.269 e. The Morgan fingerprint density at radius 1 is 1.39 bits per heavy atom. The summed E-state index contributed by atoms with van der Waals surface area (Å²) in [7, 11) is 0. The molecule has 2 atom stereocenters. The van der Waals surface area contributed by atoms with E-state index in [0.717, 1.165) is 11.2 Å². The molecule has 100 valence electrons. The van der Waals surface area contributed by atoms with E-state index < -0.39 is 0 Å². The molecular formula is C15H23BrN2. The molecule has 18 heavy (non-hydrogen) atoms. The van der Waals surface area contributed by atoms with Crippen molar-refractivity contribution in [2.75, 3.05) is 0 Å². The summed E-state index contributed by atoms with van der Waals surface area (Å²) in [5.41, 5.74) is 1.76. The lowest BCUT2D eigenvalue weighted by atomic mass is 9.84. The minimum atomic E-state index is 0.461. The van der Waals surface area contributed by atoms with Crippen LogP contribution in [0.15, 0.2) is 12.3 Å². The van der Waals surface area contributed by atoms with Crippen molar-refractivity contribution >= 4 is 15.9 Å². The van der Waals surface area contributed by atoms with E-state index in [1.165, 1.54) is 50.6 Å². The number of halogens is 1. The third-order valence-electron chi connectivity index (χ3n) is 4.75. The van der Waals surface area contributed by atoms with Gasteiger partial charge >= 0.3 is 0 Å². The number of rotatable bonds is 3. The van der Waals surface area contributed by atoms with Gasteiger partial charge in [0, 0.05) is 11.0 Å². The van der Waals surface area contributed by atoms with Gasteiger partial charge in [0.15, 0.2) is 0 Å². The first-order valence-electron chi connectivity index (χ1n) is 7.33. The third kappa shape index (κ3) is 2.66. The fourth-order valence-electron chi connectivity index (χ4n) is 3.69. The SMILES string of the molecule is CC1(Cc2ccn(C3CCCC3)n2)CCC(Br)C1. The highest BCUT2D eigenvalue weighted by atomic mass is 79.9. The molecule has 2 unspecified atom stereocenters. The second-order valence-electron chi connectivity index (χ2n) is 6.55. The van der Waals surface area contributed by atoms with Gasteiger partial charge in [-0.15, -0.1) is 0 Å². The summed E-state index contributed by atoms with van der Waals surface area (Å²) >= 11 is 3.76. The highest BCUT2D eigenvalue weighted by Gasteiger charge is 2.34. The van der Waals surface area contributed by atoms with Crippen molar-refractivity contribution in [3.05, 3.63) is 18.0 Å². The van der Waals surface area contributed by atoms with Crippen molar-refractivity contribution < 1.29 is 0 Å². The van der Waals surface area contributed by atoms with Gasteiger partial charge in [-0.25, -0.2) is 0 Å². The topological polar surface area (TPSA) is 17.8 Å². The fraction of sp³-hybridized carbons (Fsp3) is 0.800. The normalized spacial score (nSPS) is 33.3. The van der Waals surface area contributed by atoms with Crippen molar-refractivity contribution in [1.29, 1.82) is 0 Å². The van der Waals surface area contributed by atoms with Crippen molar-refractivity contribution in [2.24, 2.45) is 5.41 Å². The van der Waals surface area contributed by atoms with Crippen molar-refractivity contribution in [2.45, 2.75) is 69.2 Å². The lowest BCUT2D eigenvalue weighted by Crippen LogP contribution is -2.16. The monoisotopic (exact) mass is 310 g/mol. The van der Waals surface area contributed by atoms with Crippen LogP contribution >= 0.6 is 15.9 Å². The number of hydrogen-bond donors (Lipinski definition) is 0. The van der Waals surface area contributed by atoms with Gasteiger partial charge in [-0.1, -0.05) is 35.7 Å². The highest BCUT2D eigenvalue weighted by Crippen LogP contribution is 2.43. The number of aromatic nitrogens is 2. The Kier molecular flexibility index (Phi) is 3.52. The molecule has 0 saturated heterocycles. The zero-order chi connectivity index (χ0) is 12.6. The zero-order valence-electron chi connectivity index (χ0n) is 11.2. The molecule has 2 aliphatic rings. The molecule has 0 spiro atoms. The second kappa shape index (κ2) is 4.99. The Hall–Kier alpha value is -0.310. The molecule has 0 bridgehead atoms. The molecule has 3 rings (SSSR count). The number of nitrogens with zero attached hydrogens (tertiary/aromatic N) is 2. The van der Waals surface area contributed by atoms with E-state index in [2.05, 4.69) is 39.8 Å². The van der Waals surface area contributed by atoms with Crippen LogP contribution in [0.3, 0.4) is 0 Å². The summed E-state index contributed by atoms with van der Waals surface area (Å²) in [6, 6.07) is 2.92. The maximum absolute atomic E-state index is 4.83. The maximum Gasteiger partial charge on any atom is 0.0630 e. The molecule has 1 aromatic heterocycles. The molecule has 2 aliphatic carbocycles. The van der Waals surface area contributed by atoms with Crippen LogP contribution in [0.2, 0.25) is 0 Å². The van der Waals surface area contributed by atoms with Gasteiger partial charge in [0.2, 0.25) is 0 Å². The molecule has 2 fully saturated rings. The van der Waals surface area contributed by atoms with Crippen molar-refractivity contribution in [1.82, 2.24) is 9.78 Å². The van der Waals surface area contributed by atoms with Gasteiger partial charge in [0.25, 0.3) is 0 Å². The van der Waals surface area contributed by atoms with Crippen LogP contribution in [-0.2, 0) is 6.42 Å². The first-order valence-corrected chi connectivity index (χ1v) is 8.24. The number of hydrogen-bond acceptors (Lipinski definition) is 1. The third-order valence-corrected chi connectivity index (χ3v) is 5.53. The fourth-order valence-corrected chi connectivity index (χ4v) is 4.70. The standard InChI is InChI=1S/C15H23BrN2/c1-15(8-6-12(16)10-15)11-13-7-9-18(17-13)14-4-2-3-5-14/h7,9,12,14H,2-6,8,10-11H2,1H3. The summed E-state index contributed by atoms with van der Waals surface area (Å²) in [4.78, 5) is 0.722. The number of alkyl halides is 1. The van der Waals surface area contributed by atoms with Crippen LogP contribution in [-0.4, -0.2) is 14.6 Å². The molecule has 0 amide bonds. The van der Waals surface area contributed by atoms with E-state index in [-0.39, 0.29) is 0 Å². The lowest BCUT2D eigenvalue weighted by Gasteiger charge is -2.22. The van der Waals surface area contributed by atoms with Crippen LogP contribution in [0.1, 0.15) is 63.6 Å². The Morgan fingerprint density at radius 2 is 2.17 bits per heavy atom. The predicted octanol–water partition coefficient (Wildman–Crippen LogP) is 4.49. The molecule has 2 saturated carbocycles. The Bertz CT molecular complexity index is 408. The zero-order valence-corrected chi connectivity index (χ0v) is 12.8. The molecule has 1 aromatic rings. The van der Waals surface area contributed by atoms with E-state index in [1.807, 2.05) is 0 Å². The van der Waals surface area contributed by atoms with E-state index in [1.54, 1.807) is 0 Å². The van der Waals surface area contributed by atoms with E-state index >= 15 is 0 Å². The van der Waals surface area contributed by atoms with Crippen LogP contribution in [0.5, 0.6) is 0 Å². The first kappa shape index (κ1) is 12.7. The molecule has 1 heterocycles. The molecule has 3 heteroatoms. The van der Waals surface area contributed by atoms with Crippen LogP contribution in [0.25, 0.3) is 0 Å². The van der Waals surface area contributed by atoms with Gasteiger partial charge < -0.3 is 0 Å². The average molecular weight is 311 g/mol. The van der Waals surface area contributed by atoms with Crippen LogP contribution < -0.4 is 0 Å². The van der Waals surface area contributed by atoms with E-state index in [4.69, 9.17) is 5.10 Å². The Balaban J connectivity index is 1.66. The molecular weight excluding hydrogens is 288 g/mol. The van der Waals surface area contributed by atoms with Gasteiger partial charge in [0.05, 0.1) is 11.7 Å². The maximum atomic E-state index is 4.83. The highest BCUT2D eigenvalue weighted by molar-refractivity contribution is 9.09. The average Bonchev–Trinajstić information content (AvgIpc) is 2.99. The van der Waals surface area contributed by atoms with Gasteiger partial charge in [-0.3, -0.25) is 4.68 Å². The molecule has 0 aliphatic heterocycles. The summed E-state index contributed by atoms with van der Waals surface area (Å²) in [5, 5.41) is 4.83. The van der Waals surface area contributed by atoms with Crippen LogP contribution in [0, 0.1) is 5.41 Å². The Labute approximate surface area is 118 Å². The molecule has 0 radical (unpaired) electrons. The van der Waals surface area contributed by atoms with Gasteiger partial charge in [0.1, 0.15) is 0 Å². The molecule has 0 aromatic carbocycles. The van der Waals surface area contributed by atoms with Gasteiger partial charge in [-0.05, 0) is 50.0 Å². The predicted molar refractivity (Wildman–Crippen MR) is 78.1 cm³/mol. The van der Waals surface area contributed by atoms with E-state index in [9.17, 15) is 0 Å². The summed E-state index contributed by atoms with van der Waals surface area (Å²) in [6.07, 6.45) is 12.7. The van der Waals surface area contributed by atoms with Gasteiger partial charge in [-0.2, -0.15) is 5.10 Å². The summed E-state index contributed by atoms with van der Waals surface area (Å²) in [6.45, 7) is 2.42. The first-order chi connectivity index (χ1) is 8.65. The lowest BCUT2D eigenvalue weighted by molar-refractivity contribution is 0.329. The summed E-state index contributed by atoms with van der Waals surface area (Å²) in [5.74, 6) is 0. The van der Waals surface area contributed by atoms with Crippen molar-refractivity contribution in [3.63, 3.8) is 0 Å². The quantitative estimate of drug-likeness (QED) is 0.752. The second-order valence-corrected chi connectivity index (χ2v) is 7.85. The smallest absolute Gasteiger partial charge is 0.0630 e. The van der Waals surface area contributed by atoms with Crippen LogP contribution in [0.4, 0.5) is 0 Å². The largest absolute Gasteiger partial charge is 0.269 e. The Morgan fingerprint density at radius 3 is 2.83 bits per heavy atom. The molecule has 2 nitrogen and oxygen atoms in total. The molecule has 0 N–H and O–H groups in total. The minimum absolute atomic E-state index is 0.461. The van der Waals surface area contributed by atoms with E-state index in [0.29, 0.717) is 11.5 Å². The summed E-state index contributed by atoms with van der Waals surface area (Å²) < 4.78 is 2.23.